The van der Waals surface area contributed by atoms with Crippen molar-refractivity contribution in [2.45, 2.75) is 97.4 Å². The first-order valence-corrected chi connectivity index (χ1v) is 15.7. The van der Waals surface area contributed by atoms with Crippen molar-refractivity contribution in [2.75, 3.05) is 19.7 Å². The van der Waals surface area contributed by atoms with Crippen LogP contribution in [0, 0.1) is 17.8 Å². The van der Waals surface area contributed by atoms with Gasteiger partial charge in [0.2, 0.25) is 5.91 Å². The second-order valence-corrected chi connectivity index (χ2v) is 12.2. The van der Waals surface area contributed by atoms with Gasteiger partial charge >= 0.3 is 5.97 Å². The molecule has 6 heteroatoms. The highest BCUT2D eigenvalue weighted by atomic mass is 16.7. The van der Waals surface area contributed by atoms with Crippen molar-refractivity contribution in [3.8, 4) is 0 Å². The fourth-order valence-electron chi connectivity index (χ4n) is 6.79. The predicted octanol–water partition coefficient (Wildman–Crippen LogP) is 6.74. The maximum absolute atomic E-state index is 13.3. The lowest BCUT2D eigenvalue weighted by Crippen LogP contribution is -2.41. The van der Waals surface area contributed by atoms with Crippen molar-refractivity contribution >= 4 is 11.9 Å². The van der Waals surface area contributed by atoms with E-state index in [4.69, 9.17) is 9.47 Å². The molecule has 1 aliphatic heterocycles. The molecule has 41 heavy (non-hydrogen) atoms. The Balaban J connectivity index is 1.50. The van der Waals surface area contributed by atoms with Crippen molar-refractivity contribution in [1.29, 1.82) is 0 Å². The van der Waals surface area contributed by atoms with Crippen LogP contribution in [0.15, 0.2) is 70.9 Å². The summed E-state index contributed by atoms with van der Waals surface area (Å²) in [6, 6.07) is 0. The normalized spacial score (nSPS) is 31.0. The number of allylic oxidation sites excluding steroid dienone is 9. The van der Waals surface area contributed by atoms with Gasteiger partial charge in [-0.05, 0) is 108 Å². The Labute approximate surface area is 246 Å². The maximum atomic E-state index is 13.3. The molecule has 1 saturated heterocycles. The van der Waals surface area contributed by atoms with E-state index in [1.807, 2.05) is 26.0 Å². The van der Waals surface area contributed by atoms with Gasteiger partial charge in [0.05, 0.1) is 12.0 Å². The van der Waals surface area contributed by atoms with E-state index >= 15 is 0 Å². The number of likely N-dealkylation sites (tertiary alicyclic amines) is 1. The molecule has 1 saturated carbocycles. The fourth-order valence-corrected chi connectivity index (χ4v) is 6.79. The largest absolute Gasteiger partial charge is 0.436 e. The van der Waals surface area contributed by atoms with E-state index in [1.165, 1.54) is 12.0 Å². The first-order valence-electron chi connectivity index (χ1n) is 15.7. The Hall–Kier alpha value is -2.70. The van der Waals surface area contributed by atoms with Crippen LogP contribution in [0.3, 0.4) is 0 Å². The molecule has 5 atom stereocenters. The lowest BCUT2D eigenvalue weighted by atomic mass is 9.76. The van der Waals surface area contributed by atoms with Crippen LogP contribution in [0.5, 0.6) is 0 Å². The molecular formula is C35H49NO5. The molecule has 4 rings (SSSR count). The molecule has 2 fully saturated rings. The van der Waals surface area contributed by atoms with Crippen LogP contribution in [-0.2, 0) is 19.1 Å². The topological polar surface area (TPSA) is 76.1 Å². The lowest BCUT2D eigenvalue weighted by molar-refractivity contribution is -0.178. The molecule has 1 heterocycles. The number of nitrogens with zero attached hydrogens (tertiary/aromatic N) is 1. The van der Waals surface area contributed by atoms with Crippen LogP contribution in [-0.4, -0.2) is 54.0 Å². The predicted molar refractivity (Wildman–Crippen MR) is 163 cm³/mol. The summed E-state index contributed by atoms with van der Waals surface area (Å²) in [6.07, 6.45) is 20.2. The average molecular weight is 564 g/mol. The molecule has 0 aromatic rings. The van der Waals surface area contributed by atoms with E-state index in [1.54, 1.807) is 6.92 Å². The lowest BCUT2D eigenvalue weighted by Gasteiger charge is -2.35. The van der Waals surface area contributed by atoms with E-state index in [9.17, 15) is 14.7 Å². The smallest absolute Gasteiger partial charge is 0.311 e. The number of amides is 1. The Kier molecular flexibility index (Phi) is 11.4. The Bertz CT molecular complexity index is 1120. The summed E-state index contributed by atoms with van der Waals surface area (Å²) in [5.41, 5.74) is 5.61. The molecule has 6 nitrogen and oxygen atoms in total. The molecule has 1 N–H and O–H groups in total. The standard InChI is InChI=1S/C35H49NO5/c1-5-25-13-27(20-31(18-25)34(38)36-11-9-8-10-12-36)15-29-17-30(23-33(37)22-29)16-28-14-26(6-2)19-32(21-28)35(39)41-24(4)40-7-3/h5-6,14-17,24-25,31-33,37H,1,7-13,18-23H2,2-4H3/b26-6-,27-15-,30-16-. The van der Waals surface area contributed by atoms with Crippen LogP contribution in [0.25, 0.3) is 0 Å². The number of piperidine rings is 1. The molecule has 224 valence electrons. The first-order chi connectivity index (χ1) is 19.8. The van der Waals surface area contributed by atoms with Gasteiger partial charge in [-0.2, -0.15) is 0 Å². The van der Waals surface area contributed by atoms with Crippen molar-refractivity contribution in [2.24, 2.45) is 17.8 Å². The Morgan fingerprint density at radius 1 is 1.00 bits per heavy atom. The summed E-state index contributed by atoms with van der Waals surface area (Å²) in [4.78, 5) is 28.3. The number of hydrogen-bond donors (Lipinski definition) is 1. The first kappa shape index (κ1) is 31.2. The van der Waals surface area contributed by atoms with Crippen LogP contribution in [0.1, 0.15) is 85.0 Å². The second kappa shape index (κ2) is 15.0. The van der Waals surface area contributed by atoms with Crippen molar-refractivity contribution in [3.05, 3.63) is 70.9 Å². The van der Waals surface area contributed by atoms with E-state index < -0.39 is 12.4 Å². The third kappa shape index (κ3) is 8.89. The number of ether oxygens (including phenoxy) is 2. The van der Waals surface area contributed by atoms with Crippen LogP contribution in [0.4, 0.5) is 0 Å². The zero-order chi connectivity index (χ0) is 29.4. The van der Waals surface area contributed by atoms with Gasteiger partial charge < -0.3 is 19.5 Å². The summed E-state index contributed by atoms with van der Waals surface area (Å²) < 4.78 is 10.9. The molecule has 0 spiro atoms. The minimum Gasteiger partial charge on any atom is -0.436 e. The third-order valence-electron chi connectivity index (χ3n) is 8.77. The molecular weight excluding hydrogens is 514 g/mol. The summed E-state index contributed by atoms with van der Waals surface area (Å²) in [7, 11) is 0. The highest BCUT2D eigenvalue weighted by Gasteiger charge is 2.32. The van der Waals surface area contributed by atoms with Crippen molar-refractivity contribution < 1.29 is 24.2 Å². The molecule has 0 aromatic heterocycles. The summed E-state index contributed by atoms with van der Waals surface area (Å²) in [6.45, 7) is 11.9. The van der Waals surface area contributed by atoms with E-state index in [0.717, 1.165) is 67.5 Å². The number of hydrogen-bond acceptors (Lipinski definition) is 5. The third-order valence-corrected chi connectivity index (χ3v) is 8.77. The Morgan fingerprint density at radius 2 is 1.73 bits per heavy atom. The molecule has 4 aliphatic rings. The summed E-state index contributed by atoms with van der Waals surface area (Å²) in [5.74, 6) is 0.114. The molecule has 0 radical (unpaired) electrons. The highest BCUT2D eigenvalue weighted by molar-refractivity contribution is 5.79. The molecule has 0 bridgehead atoms. The van der Waals surface area contributed by atoms with Gasteiger partial charge in [0.15, 0.2) is 6.29 Å². The SMILES string of the molecule is C=CC1C/C(=C/C2=CC(=C/C3=CC(=C/C)/CC(C(=O)OC(C)OCC)C3)/CC(O)C2)CC(C(=O)N2CCCCC2)C1. The maximum Gasteiger partial charge on any atom is 0.311 e. The highest BCUT2D eigenvalue weighted by Crippen LogP contribution is 2.38. The average Bonchev–Trinajstić information content (AvgIpc) is 2.96. The van der Waals surface area contributed by atoms with Gasteiger partial charge in [-0.3, -0.25) is 9.59 Å². The number of esters is 1. The zero-order valence-corrected chi connectivity index (χ0v) is 25.3. The minimum absolute atomic E-state index is 0.00834. The van der Waals surface area contributed by atoms with Crippen molar-refractivity contribution in [3.63, 3.8) is 0 Å². The monoisotopic (exact) mass is 563 g/mol. The van der Waals surface area contributed by atoms with Gasteiger partial charge in [0.1, 0.15) is 0 Å². The number of rotatable bonds is 8. The summed E-state index contributed by atoms with van der Waals surface area (Å²) >= 11 is 0. The number of aliphatic hydroxyl groups is 1. The second-order valence-electron chi connectivity index (χ2n) is 12.2. The van der Waals surface area contributed by atoms with E-state index in [0.29, 0.717) is 44.1 Å². The van der Waals surface area contributed by atoms with E-state index in [-0.39, 0.29) is 17.8 Å². The van der Waals surface area contributed by atoms with Crippen LogP contribution < -0.4 is 0 Å². The van der Waals surface area contributed by atoms with Crippen LogP contribution >= 0.6 is 0 Å². The molecule has 0 aromatic carbocycles. The van der Waals surface area contributed by atoms with E-state index in [2.05, 4.69) is 35.8 Å². The zero-order valence-electron chi connectivity index (χ0n) is 25.3. The Morgan fingerprint density at radius 3 is 2.44 bits per heavy atom. The van der Waals surface area contributed by atoms with Crippen LogP contribution in [0.2, 0.25) is 0 Å². The number of carbonyl (C=O) groups is 2. The van der Waals surface area contributed by atoms with Gasteiger partial charge in [-0.25, -0.2) is 0 Å². The fraction of sp³-hybridized carbons (Fsp3) is 0.600. The minimum atomic E-state index is -0.559. The molecule has 3 aliphatic carbocycles. The van der Waals surface area contributed by atoms with Gasteiger partial charge in [0.25, 0.3) is 0 Å². The van der Waals surface area contributed by atoms with Crippen molar-refractivity contribution in [1.82, 2.24) is 4.90 Å². The number of carbonyl (C=O) groups excluding carboxylic acids is 2. The summed E-state index contributed by atoms with van der Waals surface area (Å²) in [5, 5.41) is 10.8. The molecule has 1 amide bonds. The quantitative estimate of drug-likeness (QED) is 0.201. The van der Waals surface area contributed by atoms with Gasteiger partial charge in [0, 0.05) is 25.6 Å². The number of aliphatic hydroxyl groups excluding tert-OH is 1. The van der Waals surface area contributed by atoms with Gasteiger partial charge in [-0.1, -0.05) is 47.6 Å². The molecule has 5 unspecified atom stereocenters. The van der Waals surface area contributed by atoms with Gasteiger partial charge in [-0.15, -0.1) is 6.58 Å².